The van der Waals surface area contributed by atoms with Crippen LogP contribution in [0.5, 0.6) is 5.75 Å². The number of aromatic carboxylic acids is 1. The molecule has 156 valence electrons. The molecule has 2 heterocycles. The minimum Gasteiger partial charge on any atom is -0.492 e. The highest BCUT2D eigenvalue weighted by molar-refractivity contribution is 5.98. The molecule has 2 aromatic rings. The van der Waals surface area contributed by atoms with Gasteiger partial charge in [-0.05, 0) is 30.6 Å². The van der Waals surface area contributed by atoms with E-state index in [1.807, 2.05) is 4.90 Å². The SMILES string of the molecule is COc1c(N2CCC(N)C(C)(C)C2)c(F)c(C2CC2)c2c(=O)c(C(=O)O)c[nH]c12. The summed E-state index contributed by atoms with van der Waals surface area (Å²) in [4.78, 5) is 29.2. The topological polar surface area (TPSA) is 109 Å². The number of hydrogen-bond acceptors (Lipinski definition) is 5. The summed E-state index contributed by atoms with van der Waals surface area (Å²) in [6.07, 6.45) is 3.40. The number of carboxylic acid groups (broad SMARTS) is 1. The van der Waals surface area contributed by atoms with Crippen molar-refractivity contribution in [1.82, 2.24) is 4.98 Å². The lowest BCUT2D eigenvalue weighted by Crippen LogP contribution is -2.52. The molecule has 1 aromatic heterocycles. The van der Waals surface area contributed by atoms with E-state index in [0.29, 0.717) is 36.3 Å². The van der Waals surface area contributed by atoms with Gasteiger partial charge in [0, 0.05) is 30.9 Å². The Balaban J connectivity index is 2.02. The Morgan fingerprint density at radius 3 is 2.62 bits per heavy atom. The van der Waals surface area contributed by atoms with Crippen LogP contribution < -0.4 is 20.8 Å². The number of H-pyrrole nitrogens is 1. The van der Waals surface area contributed by atoms with Crippen molar-refractivity contribution in [2.75, 3.05) is 25.1 Å². The van der Waals surface area contributed by atoms with E-state index in [1.54, 1.807) is 0 Å². The van der Waals surface area contributed by atoms with E-state index in [2.05, 4.69) is 18.8 Å². The van der Waals surface area contributed by atoms with Crippen LogP contribution in [0.2, 0.25) is 0 Å². The highest BCUT2D eigenvalue weighted by Crippen LogP contribution is 2.50. The maximum Gasteiger partial charge on any atom is 0.341 e. The first-order valence-corrected chi connectivity index (χ1v) is 9.86. The molecule has 2 fully saturated rings. The van der Waals surface area contributed by atoms with Crippen molar-refractivity contribution in [3.63, 3.8) is 0 Å². The number of fused-ring (bicyclic) bond motifs is 1. The monoisotopic (exact) mass is 403 g/mol. The molecule has 0 bridgehead atoms. The average molecular weight is 403 g/mol. The van der Waals surface area contributed by atoms with Crippen molar-refractivity contribution in [3.05, 3.63) is 33.4 Å². The van der Waals surface area contributed by atoms with Gasteiger partial charge in [0.15, 0.2) is 11.6 Å². The quantitative estimate of drug-likeness (QED) is 0.724. The van der Waals surface area contributed by atoms with Crippen molar-refractivity contribution in [3.8, 4) is 5.75 Å². The molecule has 1 aromatic carbocycles. The van der Waals surface area contributed by atoms with Gasteiger partial charge in [-0.15, -0.1) is 0 Å². The van der Waals surface area contributed by atoms with Crippen LogP contribution in [-0.2, 0) is 0 Å². The highest BCUT2D eigenvalue weighted by Gasteiger charge is 2.39. The van der Waals surface area contributed by atoms with Crippen molar-refractivity contribution in [2.24, 2.45) is 11.1 Å². The van der Waals surface area contributed by atoms with Crippen LogP contribution in [0, 0.1) is 11.2 Å². The summed E-state index contributed by atoms with van der Waals surface area (Å²) in [7, 11) is 1.43. The van der Waals surface area contributed by atoms with Gasteiger partial charge in [0.05, 0.1) is 18.0 Å². The summed E-state index contributed by atoms with van der Waals surface area (Å²) in [6.45, 7) is 5.23. The zero-order valence-electron chi connectivity index (χ0n) is 16.8. The lowest BCUT2D eigenvalue weighted by molar-refractivity contribution is 0.0695. The standard InChI is InChI=1S/C21H26FN3O4/c1-21(2)9-25(7-6-12(21)23)17-15(22)13(10-4-5-10)14-16(19(17)29-3)24-8-11(18(14)26)20(27)28/h8,10,12H,4-7,9,23H2,1-3H3,(H,24,26)(H,27,28). The molecular weight excluding hydrogens is 377 g/mol. The van der Waals surface area contributed by atoms with E-state index in [0.717, 1.165) is 19.0 Å². The summed E-state index contributed by atoms with van der Waals surface area (Å²) in [6, 6.07) is 0.00842. The number of nitrogens with two attached hydrogens (primary N) is 1. The average Bonchev–Trinajstić information content (AvgIpc) is 3.48. The predicted molar refractivity (Wildman–Crippen MR) is 109 cm³/mol. The van der Waals surface area contributed by atoms with Crippen LogP contribution in [0.25, 0.3) is 10.9 Å². The first-order valence-electron chi connectivity index (χ1n) is 9.86. The number of nitrogens with zero attached hydrogens (tertiary/aromatic N) is 1. The number of pyridine rings is 1. The second kappa shape index (κ2) is 6.73. The first-order chi connectivity index (χ1) is 13.7. The van der Waals surface area contributed by atoms with E-state index in [4.69, 9.17) is 10.5 Å². The zero-order chi connectivity index (χ0) is 21.1. The Hall–Kier alpha value is -2.61. The van der Waals surface area contributed by atoms with Crippen LogP contribution in [-0.4, -0.2) is 42.3 Å². The third kappa shape index (κ3) is 3.06. The number of aromatic nitrogens is 1. The Kier molecular flexibility index (Phi) is 4.57. The molecule has 4 N–H and O–H groups in total. The summed E-state index contributed by atoms with van der Waals surface area (Å²) < 4.78 is 21.5. The van der Waals surface area contributed by atoms with E-state index in [9.17, 15) is 14.7 Å². The van der Waals surface area contributed by atoms with Crippen LogP contribution in [0.4, 0.5) is 10.1 Å². The smallest absolute Gasteiger partial charge is 0.341 e. The van der Waals surface area contributed by atoms with Crippen LogP contribution in [0.15, 0.2) is 11.0 Å². The van der Waals surface area contributed by atoms with Gasteiger partial charge < -0.3 is 25.5 Å². The minimum atomic E-state index is -1.34. The molecule has 0 radical (unpaired) electrons. The normalized spacial score (nSPS) is 21.4. The second-order valence-corrected chi connectivity index (χ2v) is 8.78. The van der Waals surface area contributed by atoms with Gasteiger partial charge >= 0.3 is 5.97 Å². The third-order valence-electron chi connectivity index (χ3n) is 6.29. The van der Waals surface area contributed by atoms with E-state index >= 15 is 4.39 Å². The summed E-state index contributed by atoms with van der Waals surface area (Å²) >= 11 is 0. The van der Waals surface area contributed by atoms with Crippen LogP contribution in [0.3, 0.4) is 0 Å². The van der Waals surface area contributed by atoms with Gasteiger partial charge in [0.2, 0.25) is 5.43 Å². The maximum atomic E-state index is 15.9. The molecule has 1 saturated heterocycles. The Bertz CT molecular complexity index is 1060. The number of aromatic amines is 1. The number of benzene rings is 1. The van der Waals surface area contributed by atoms with Crippen molar-refractivity contribution < 1.29 is 19.0 Å². The van der Waals surface area contributed by atoms with Gasteiger partial charge in [-0.2, -0.15) is 0 Å². The Labute approximate surface area is 167 Å². The molecule has 2 aliphatic rings. The fourth-order valence-electron chi connectivity index (χ4n) is 4.38. The van der Waals surface area contributed by atoms with Crippen molar-refractivity contribution in [1.29, 1.82) is 0 Å². The number of ether oxygens (including phenoxy) is 1. The molecule has 8 heteroatoms. The first kappa shape index (κ1) is 19.7. The number of anilines is 1. The molecule has 1 aliphatic heterocycles. The lowest BCUT2D eigenvalue weighted by Gasteiger charge is -2.44. The molecule has 1 aliphatic carbocycles. The number of methoxy groups -OCH3 is 1. The number of hydrogen-bond donors (Lipinski definition) is 3. The molecule has 4 rings (SSSR count). The summed E-state index contributed by atoms with van der Waals surface area (Å²) in [5.41, 5.74) is 5.91. The molecule has 1 saturated carbocycles. The van der Waals surface area contributed by atoms with Gasteiger partial charge in [0.25, 0.3) is 0 Å². The number of rotatable bonds is 4. The molecule has 0 spiro atoms. The van der Waals surface area contributed by atoms with Gasteiger partial charge in [0.1, 0.15) is 11.3 Å². The third-order valence-corrected chi connectivity index (χ3v) is 6.29. The molecule has 29 heavy (non-hydrogen) atoms. The van der Waals surface area contributed by atoms with Crippen molar-refractivity contribution in [2.45, 2.75) is 45.1 Å². The van der Waals surface area contributed by atoms with Gasteiger partial charge in [-0.25, -0.2) is 9.18 Å². The second-order valence-electron chi connectivity index (χ2n) is 8.78. The molecule has 1 unspecified atom stereocenters. The number of carbonyl (C=O) groups is 1. The van der Waals surface area contributed by atoms with Crippen LogP contribution in [0.1, 0.15) is 54.9 Å². The summed E-state index contributed by atoms with van der Waals surface area (Å²) in [5, 5.41) is 9.42. The number of piperidine rings is 1. The summed E-state index contributed by atoms with van der Waals surface area (Å²) in [5.74, 6) is -1.70. The van der Waals surface area contributed by atoms with Crippen molar-refractivity contribution >= 4 is 22.6 Å². The van der Waals surface area contributed by atoms with Gasteiger partial charge in [-0.1, -0.05) is 13.8 Å². The van der Waals surface area contributed by atoms with Crippen LogP contribution >= 0.6 is 0 Å². The minimum absolute atomic E-state index is 0.00842. The molecule has 1 atom stereocenters. The number of nitrogens with one attached hydrogen (secondary N) is 1. The fraction of sp³-hybridized carbons (Fsp3) is 0.524. The fourth-order valence-corrected chi connectivity index (χ4v) is 4.38. The Morgan fingerprint density at radius 2 is 2.07 bits per heavy atom. The highest BCUT2D eigenvalue weighted by atomic mass is 19.1. The number of carboxylic acids is 1. The van der Waals surface area contributed by atoms with E-state index in [1.165, 1.54) is 7.11 Å². The van der Waals surface area contributed by atoms with Gasteiger partial charge in [-0.3, -0.25) is 4.79 Å². The molecule has 7 nitrogen and oxygen atoms in total. The zero-order valence-corrected chi connectivity index (χ0v) is 16.8. The number of halogens is 1. The Morgan fingerprint density at radius 1 is 1.38 bits per heavy atom. The van der Waals surface area contributed by atoms with E-state index in [-0.39, 0.29) is 28.5 Å². The largest absolute Gasteiger partial charge is 0.492 e. The molecular formula is C21H26FN3O4. The maximum absolute atomic E-state index is 15.9. The van der Waals surface area contributed by atoms with E-state index < -0.39 is 22.8 Å². The molecule has 0 amide bonds. The predicted octanol–water partition coefficient (Wildman–Crippen LogP) is 2.82. The lowest BCUT2D eigenvalue weighted by atomic mass is 9.79.